The summed E-state index contributed by atoms with van der Waals surface area (Å²) in [6.07, 6.45) is 2.81. The minimum absolute atomic E-state index is 0.633. The summed E-state index contributed by atoms with van der Waals surface area (Å²) in [6.45, 7) is 9.70. The second kappa shape index (κ2) is 4.40. The Morgan fingerprint density at radius 3 is 2.46 bits per heavy atom. The topological polar surface area (TPSA) is 30.7 Å². The highest BCUT2D eigenvalue weighted by molar-refractivity contribution is 4.82. The van der Waals surface area contributed by atoms with Gasteiger partial charge in [-0.05, 0) is 11.8 Å². The first kappa shape index (κ1) is 10.2. The van der Waals surface area contributed by atoms with Crippen LogP contribution in [0.15, 0.2) is 6.33 Å². The Balaban J connectivity index is 2.53. The van der Waals surface area contributed by atoms with Crippen LogP contribution in [0.4, 0.5) is 0 Å². The standard InChI is InChI=1S/C10H19N3/c1-8(2)5-10-11-7-13(12-10)6-9(3)4/h7-9H,5-6H2,1-4H3. The van der Waals surface area contributed by atoms with Crippen molar-refractivity contribution >= 4 is 0 Å². The minimum Gasteiger partial charge on any atom is -0.252 e. The van der Waals surface area contributed by atoms with Gasteiger partial charge in [-0.1, -0.05) is 27.7 Å². The van der Waals surface area contributed by atoms with Crippen molar-refractivity contribution in [2.75, 3.05) is 0 Å². The van der Waals surface area contributed by atoms with E-state index >= 15 is 0 Å². The van der Waals surface area contributed by atoms with Crippen molar-refractivity contribution in [3.05, 3.63) is 12.2 Å². The molecule has 0 aliphatic carbocycles. The van der Waals surface area contributed by atoms with Crippen molar-refractivity contribution in [2.24, 2.45) is 11.8 Å². The summed E-state index contributed by atoms with van der Waals surface area (Å²) < 4.78 is 1.93. The van der Waals surface area contributed by atoms with Crippen LogP contribution >= 0.6 is 0 Å². The Morgan fingerprint density at radius 2 is 1.92 bits per heavy atom. The molecule has 0 saturated heterocycles. The van der Waals surface area contributed by atoms with E-state index in [0.29, 0.717) is 11.8 Å². The Hall–Kier alpha value is -0.860. The Kier molecular flexibility index (Phi) is 3.46. The van der Waals surface area contributed by atoms with Crippen LogP contribution in [0.3, 0.4) is 0 Å². The van der Waals surface area contributed by atoms with E-state index in [1.54, 1.807) is 0 Å². The molecule has 3 nitrogen and oxygen atoms in total. The van der Waals surface area contributed by atoms with Gasteiger partial charge in [0.15, 0.2) is 5.82 Å². The minimum atomic E-state index is 0.633. The summed E-state index contributed by atoms with van der Waals surface area (Å²) >= 11 is 0. The van der Waals surface area contributed by atoms with E-state index in [2.05, 4.69) is 37.8 Å². The van der Waals surface area contributed by atoms with Crippen LogP contribution in [0.25, 0.3) is 0 Å². The summed E-state index contributed by atoms with van der Waals surface area (Å²) in [4.78, 5) is 4.26. The smallest absolute Gasteiger partial charge is 0.150 e. The monoisotopic (exact) mass is 181 g/mol. The lowest BCUT2D eigenvalue weighted by Gasteiger charge is -2.03. The van der Waals surface area contributed by atoms with E-state index < -0.39 is 0 Å². The van der Waals surface area contributed by atoms with E-state index in [4.69, 9.17) is 0 Å². The van der Waals surface area contributed by atoms with Crippen molar-refractivity contribution in [1.29, 1.82) is 0 Å². The molecule has 0 radical (unpaired) electrons. The van der Waals surface area contributed by atoms with Gasteiger partial charge in [-0.15, -0.1) is 0 Å². The quantitative estimate of drug-likeness (QED) is 0.712. The zero-order valence-electron chi connectivity index (χ0n) is 8.99. The SMILES string of the molecule is CC(C)Cc1ncn(CC(C)C)n1. The molecule has 0 unspecified atom stereocenters. The predicted octanol–water partition coefficient (Wildman–Crippen LogP) is 2.13. The predicted molar refractivity (Wildman–Crippen MR) is 53.4 cm³/mol. The number of rotatable bonds is 4. The molecular formula is C10H19N3. The molecule has 0 aliphatic rings. The molecule has 0 amide bonds. The average molecular weight is 181 g/mol. The first-order valence-electron chi connectivity index (χ1n) is 4.96. The summed E-state index contributed by atoms with van der Waals surface area (Å²) in [7, 11) is 0. The Labute approximate surface area is 80.2 Å². The van der Waals surface area contributed by atoms with Crippen LogP contribution in [0.1, 0.15) is 33.5 Å². The maximum absolute atomic E-state index is 4.40. The van der Waals surface area contributed by atoms with Gasteiger partial charge in [-0.3, -0.25) is 4.68 Å². The molecule has 0 bridgehead atoms. The van der Waals surface area contributed by atoms with Crippen molar-refractivity contribution in [1.82, 2.24) is 14.8 Å². The number of aromatic nitrogens is 3. The van der Waals surface area contributed by atoms with Crippen LogP contribution in [-0.2, 0) is 13.0 Å². The second-order valence-electron chi connectivity index (χ2n) is 4.37. The first-order valence-corrected chi connectivity index (χ1v) is 4.96. The normalized spacial score (nSPS) is 11.5. The molecule has 1 aromatic heterocycles. The largest absolute Gasteiger partial charge is 0.252 e. The Morgan fingerprint density at radius 1 is 1.23 bits per heavy atom. The number of hydrogen-bond donors (Lipinski definition) is 0. The van der Waals surface area contributed by atoms with Gasteiger partial charge in [-0.2, -0.15) is 5.10 Å². The van der Waals surface area contributed by atoms with Crippen molar-refractivity contribution < 1.29 is 0 Å². The van der Waals surface area contributed by atoms with Crippen LogP contribution in [0.2, 0.25) is 0 Å². The van der Waals surface area contributed by atoms with Crippen molar-refractivity contribution in [3.63, 3.8) is 0 Å². The number of nitrogens with zero attached hydrogens (tertiary/aromatic N) is 3. The molecule has 0 atom stereocenters. The summed E-state index contributed by atoms with van der Waals surface area (Å²) in [5.41, 5.74) is 0. The van der Waals surface area contributed by atoms with E-state index in [1.165, 1.54) is 0 Å². The molecule has 0 spiro atoms. The fraction of sp³-hybridized carbons (Fsp3) is 0.800. The highest BCUT2D eigenvalue weighted by Gasteiger charge is 2.04. The van der Waals surface area contributed by atoms with Crippen molar-refractivity contribution in [2.45, 2.75) is 40.7 Å². The highest BCUT2D eigenvalue weighted by Crippen LogP contribution is 2.03. The third-order valence-electron chi connectivity index (χ3n) is 1.73. The van der Waals surface area contributed by atoms with Crippen molar-refractivity contribution in [3.8, 4) is 0 Å². The molecular weight excluding hydrogens is 162 g/mol. The zero-order chi connectivity index (χ0) is 9.84. The molecule has 0 aromatic carbocycles. The van der Waals surface area contributed by atoms with E-state index in [9.17, 15) is 0 Å². The van der Waals surface area contributed by atoms with Gasteiger partial charge in [-0.25, -0.2) is 4.98 Å². The zero-order valence-corrected chi connectivity index (χ0v) is 8.99. The maximum Gasteiger partial charge on any atom is 0.150 e. The number of hydrogen-bond acceptors (Lipinski definition) is 2. The van der Waals surface area contributed by atoms with Gasteiger partial charge >= 0.3 is 0 Å². The summed E-state index contributed by atoms with van der Waals surface area (Å²) in [5.74, 6) is 2.24. The van der Waals surface area contributed by atoms with E-state index in [-0.39, 0.29) is 0 Å². The Bertz CT molecular complexity index is 226. The van der Waals surface area contributed by atoms with Crippen LogP contribution < -0.4 is 0 Å². The average Bonchev–Trinajstić information content (AvgIpc) is 2.33. The van der Waals surface area contributed by atoms with Gasteiger partial charge in [0.1, 0.15) is 6.33 Å². The lowest BCUT2D eigenvalue weighted by Crippen LogP contribution is -2.05. The molecule has 0 N–H and O–H groups in total. The molecule has 1 heterocycles. The summed E-state index contributed by atoms with van der Waals surface area (Å²) in [5, 5.41) is 4.40. The third kappa shape index (κ3) is 3.57. The van der Waals surface area contributed by atoms with Crippen LogP contribution in [0.5, 0.6) is 0 Å². The van der Waals surface area contributed by atoms with Gasteiger partial charge in [0.25, 0.3) is 0 Å². The van der Waals surface area contributed by atoms with Crippen LogP contribution in [0, 0.1) is 11.8 Å². The molecule has 0 aliphatic heterocycles. The molecule has 74 valence electrons. The van der Waals surface area contributed by atoms with Gasteiger partial charge < -0.3 is 0 Å². The highest BCUT2D eigenvalue weighted by atomic mass is 15.3. The van der Waals surface area contributed by atoms with E-state index in [1.807, 2.05) is 11.0 Å². The molecule has 13 heavy (non-hydrogen) atoms. The molecule has 1 aromatic rings. The third-order valence-corrected chi connectivity index (χ3v) is 1.73. The van der Waals surface area contributed by atoms with Gasteiger partial charge in [0, 0.05) is 13.0 Å². The molecule has 0 saturated carbocycles. The molecule has 3 heteroatoms. The van der Waals surface area contributed by atoms with Gasteiger partial charge in [0.05, 0.1) is 0 Å². The fourth-order valence-electron chi connectivity index (χ4n) is 1.25. The first-order chi connectivity index (χ1) is 6.08. The maximum atomic E-state index is 4.40. The lowest BCUT2D eigenvalue weighted by atomic mass is 10.1. The van der Waals surface area contributed by atoms with E-state index in [0.717, 1.165) is 18.8 Å². The second-order valence-corrected chi connectivity index (χ2v) is 4.37. The lowest BCUT2D eigenvalue weighted by molar-refractivity contribution is 0.476. The molecule has 1 rings (SSSR count). The molecule has 0 fully saturated rings. The fourth-order valence-corrected chi connectivity index (χ4v) is 1.25. The van der Waals surface area contributed by atoms with Crippen LogP contribution in [-0.4, -0.2) is 14.8 Å². The van der Waals surface area contributed by atoms with Gasteiger partial charge in [0.2, 0.25) is 0 Å². The summed E-state index contributed by atoms with van der Waals surface area (Å²) in [6, 6.07) is 0.